The zero-order valence-corrected chi connectivity index (χ0v) is 24.9. The van der Waals surface area contributed by atoms with Gasteiger partial charge in [-0.05, 0) is 54.5 Å². The van der Waals surface area contributed by atoms with Crippen LogP contribution in [0.1, 0.15) is 56.8 Å². The molecule has 0 saturated carbocycles. The summed E-state index contributed by atoms with van der Waals surface area (Å²) in [6, 6.07) is 21.2. The number of carbonyl (C=O) groups is 3. The number of carbonyl (C=O) groups excluding carboxylic acids is 3. The Morgan fingerprint density at radius 3 is 2.32 bits per heavy atom. The van der Waals surface area contributed by atoms with Crippen molar-refractivity contribution in [3.8, 4) is 0 Å². The minimum Gasteiger partial charge on any atom is -0.424 e. The molecular formula is C33H42N2O6. The number of fused-ring (bicyclic) bond motifs is 1. The Bertz CT molecular complexity index is 1320. The zero-order chi connectivity index (χ0) is 29.9. The fourth-order valence-corrected chi connectivity index (χ4v) is 4.86. The highest BCUT2D eigenvalue weighted by molar-refractivity contribution is 5.87. The quantitative estimate of drug-likeness (QED) is 0.204. The molecule has 8 nitrogen and oxygen atoms in total. The maximum absolute atomic E-state index is 13.6. The van der Waals surface area contributed by atoms with E-state index < -0.39 is 30.3 Å². The third-order valence-electron chi connectivity index (χ3n) is 6.98. The van der Waals surface area contributed by atoms with Crippen LogP contribution in [0.2, 0.25) is 0 Å². The van der Waals surface area contributed by atoms with Gasteiger partial charge >= 0.3 is 12.1 Å². The second kappa shape index (κ2) is 15.2. The lowest BCUT2D eigenvalue weighted by molar-refractivity contribution is -0.171. The lowest BCUT2D eigenvalue weighted by atomic mass is 9.98. The summed E-state index contributed by atoms with van der Waals surface area (Å²) in [6.45, 7) is 9.38. The Hall–Kier alpha value is -3.91. The van der Waals surface area contributed by atoms with Crippen molar-refractivity contribution in [2.45, 2.75) is 65.8 Å². The second-order valence-corrected chi connectivity index (χ2v) is 10.6. The van der Waals surface area contributed by atoms with Gasteiger partial charge in [-0.15, -0.1) is 0 Å². The SMILES string of the molecule is COCC(=O)NC(C(=O)OC(C)OC(=O)N(CCCc1cccc(C)c1)[C@H](C)c1cccc2ccccc12)C(C)C. The van der Waals surface area contributed by atoms with Crippen LogP contribution in [0.4, 0.5) is 4.79 Å². The van der Waals surface area contributed by atoms with Gasteiger partial charge in [0, 0.05) is 20.6 Å². The van der Waals surface area contributed by atoms with Crippen LogP contribution >= 0.6 is 0 Å². The first kappa shape index (κ1) is 31.6. The van der Waals surface area contributed by atoms with E-state index in [4.69, 9.17) is 14.2 Å². The van der Waals surface area contributed by atoms with Crippen LogP contribution in [0.5, 0.6) is 0 Å². The van der Waals surface area contributed by atoms with Crippen molar-refractivity contribution in [1.82, 2.24) is 10.2 Å². The molecule has 0 spiro atoms. The molecule has 220 valence electrons. The molecule has 3 aromatic rings. The molecular weight excluding hydrogens is 520 g/mol. The number of nitrogens with one attached hydrogen (secondary N) is 1. The predicted octanol–water partition coefficient (Wildman–Crippen LogP) is 5.96. The summed E-state index contributed by atoms with van der Waals surface area (Å²) in [5.41, 5.74) is 3.39. The molecule has 0 aliphatic heterocycles. The van der Waals surface area contributed by atoms with E-state index in [2.05, 4.69) is 30.4 Å². The monoisotopic (exact) mass is 562 g/mol. The van der Waals surface area contributed by atoms with Crippen molar-refractivity contribution < 1.29 is 28.6 Å². The highest BCUT2D eigenvalue weighted by Gasteiger charge is 2.30. The average molecular weight is 563 g/mol. The van der Waals surface area contributed by atoms with Crippen molar-refractivity contribution in [2.24, 2.45) is 5.92 Å². The van der Waals surface area contributed by atoms with Crippen LogP contribution in [0.15, 0.2) is 66.7 Å². The van der Waals surface area contributed by atoms with Gasteiger partial charge in [0.1, 0.15) is 12.6 Å². The normalized spacial score (nSPS) is 13.3. The number of rotatable bonds is 13. The largest absolute Gasteiger partial charge is 0.424 e. The topological polar surface area (TPSA) is 94.2 Å². The van der Waals surface area contributed by atoms with Crippen LogP contribution in [0.3, 0.4) is 0 Å². The first-order chi connectivity index (χ1) is 19.6. The van der Waals surface area contributed by atoms with Crippen molar-refractivity contribution in [2.75, 3.05) is 20.3 Å². The summed E-state index contributed by atoms with van der Waals surface area (Å²) in [5.74, 6) is -1.36. The van der Waals surface area contributed by atoms with Gasteiger partial charge in [-0.2, -0.15) is 0 Å². The van der Waals surface area contributed by atoms with Gasteiger partial charge in [-0.25, -0.2) is 9.59 Å². The third kappa shape index (κ3) is 9.05. The molecule has 0 bridgehead atoms. The van der Waals surface area contributed by atoms with Crippen LogP contribution < -0.4 is 5.32 Å². The van der Waals surface area contributed by atoms with E-state index in [0.717, 1.165) is 29.2 Å². The number of benzene rings is 3. The summed E-state index contributed by atoms with van der Waals surface area (Å²) in [6.07, 6.45) is -0.216. The van der Waals surface area contributed by atoms with Gasteiger partial charge < -0.3 is 24.4 Å². The van der Waals surface area contributed by atoms with E-state index in [0.29, 0.717) is 6.54 Å². The van der Waals surface area contributed by atoms with E-state index in [9.17, 15) is 14.4 Å². The van der Waals surface area contributed by atoms with Crippen LogP contribution in [-0.4, -0.2) is 55.5 Å². The highest BCUT2D eigenvalue weighted by Crippen LogP contribution is 2.29. The first-order valence-corrected chi connectivity index (χ1v) is 14.1. The predicted molar refractivity (Wildman–Crippen MR) is 159 cm³/mol. The van der Waals surface area contributed by atoms with Crippen molar-refractivity contribution in [3.63, 3.8) is 0 Å². The van der Waals surface area contributed by atoms with Gasteiger partial charge in [0.25, 0.3) is 0 Å². The van der Waals surface area contributed by atoms with Crippen LogP contribution in [0, 0.1) is 12.8 Å². The zero-order valence-electron chi connectivity index (χ0n) is 24.9. The molecule has 2 unspecified atom stereocenters. The molecule has 0 aliphatic rings. The molecule has 3 aromatic carbocycles. The molecule has 1 N–H and O–H groups in total. The molecule has 0 saturated heterocycles. The molecule has 0 fully saturated rings. The second-order valence-electron chi connectivity index (χ2n) is 10.6. The van der Waals surface area contributed by atoms with Gasteiger partial charge in [-0.3, -0.25) is 4.79 Å². The molecule has 2 amide bonds. The molecule has 41 heavy (non-hydrogen) atoms. The van der Waals surface area contributed by atoms with E-state index in [-0.39, 0.29) is 18.6 Å². The minimum atomic E-state index is -1.16. The number of hydrogen-bond acceptors (Lipinski definition) is 6. The summed E-state index contributed by atoms with van der Waals surface area (Å²) in [5, 5.41) is 4.76. The summed E-state index contributed by atoms with van der Waals surface area (Å²) in [7, 11) is 1.40. The number of amides is 2. The van der Waals surface area contributed by atoms with E-state index >= 15 is 0 Å². The summed E-state index contributed by atoms with van der Waals surface area (Å²) < 4.78 is 15.9. The molecule has 0 heterocycles. The molecule has 3 atom stereocenters. The van der Waals surface area contributed by atoms with E-state index in [1.54, 1.807) is 18.7 Å². The van der Waals surface area contributed by atoms with Gasteiger partial charge in [0.2, 0.25) is 12.2 Å². The molecule has 0 aromatic heterocycles. The van der Waals surface area contributed by atoms with Gasteiger partial charge in [0.15, 0.2) is 0 Å². The minimum absolute atomic E-state index is 0.176. The Balaban J connectivity index is 1.76. The maximum atomic E-state index is 13.6. The Morgan fingerprint density at radius 1 is 0.902 bits per heavy atom. The standard InChI is InChI=1S/C33H42N2O6/c1-22(2)31(34-30(36)21-39-6)32(37)40-25(5)41-33(38)35(19-11-14-26-13-9-12-23(3)20-26)24(4)28-18-10-16-27-15-7-8-17-29(27)28/h7-10,12-13,15-18,20,22,24-25,31H,11,14,19,21H2,1-6H3,(H,34,36)/t24-,25?,31?/m1/s1. The molecule has 8 heteroatoms. The molecule has 3 rings (SSSR count). The third-order valence-corrected chi connectivity index (χ3v) is 6.98. The fourth-order valence-electron chi connectivity index (χ4n) is 4.86. The Labute approximate surface area is 243 Å². The highest BCUT2D eigenvalue weighted by atomic mass is 16.7. The Kier molecular flexibility index (Phi) is 11.7. The number of ether oxygens (including phenoxy) is 3. The summed E-state index contributed by atoms with van der Waals surface area (Å²) in [4.78, 5) is 40.1. The molecule has 0 aliphatic carbocycles. The first-order valence-electron chi connectivity index (χ1n) is 14.1. The number of hydrogen-bond donors (Lipinski definition) is 1. The maximum Gasteiger partial charge on any atom is 0.413 e. The van der Waals surface area contributed by atoms with Crippen molar-refractivity contribution in [3.05, 3.63) is 83.4 Å². The van der Waals surface area contributed by atoms with Crippen molar-refractivity contribution in [1.29, 1.82) is 0 Å². The number of nitrogens with zero attached hydrogens (tertiary/aromatic N) is 1. The molecule has 0 radical (unpaired) electrons. The van der Waals surface area contributed by atoms with E-state index in [1.165, 1.54) is 25.2 Å². The lowest BCUT2D eigenvalue weighted by Gasteiger charge is -2.31. The van der Waals surface area contributed by atoms with Gasteiger partial charge in [0.05, 0.1) is 6.04 Å². The van der Waals surface area contributed by atoms with Crippen molar-refractivity contribution >= 4 is 28.7 Å². The van der Waals surface area contributed by atoms with Crippen LogP contribution in [0.25, 0.3) is 10.8 Å². The van der Waals surface area contributed by atoms with Crippen LogP contribution in [-0.2, 0) is 30.2 Å². The smallest absolute Gasteiger partial charge is 0.413 e. The number of methoxy groups -OCH3 is 1. The number of aryl methyl sites for hydroxylation is 2. The van der Waals surface area contributed by atoms with Gasteiger partial charge in [-0.1, -0.05) is 86.1 Å². The Morgan fingerprint density at radius 2 is 1.61 bits per heavy atom. The summed E-state index contributed by atoms with van der Waals surface area (Å²) >= 11 is 0. The average Bonchev–Trinajstić information content (AvgIpc) is 2.93. The lowest BCUT2D eigenvalue weighted by Crippen LogP contribution is -2.47. The number of esters is 1. The van der Waals surface area contributed by atoms with E-state index in [1.807, 2.05) is 55.5 Å². The fraction of sp³-hybridized carbons (Fsp3) is 0.424.